The lowest BCUT2D eigenvalue weighted by Crippen LogP contribution is -2.30. The Bertz CT molecular complexity index is 984. The molecule has 0 spiro atoms. The highest BCUT2D eigenvalue weighted by atomic mass is 32.2. The summed E-state index contributed by atoms with van der Waals surface area (Å²) in [6.45, 7) is 6.28. The molecule has 0 unspecified atom stereocenters. The number of benzene rings is 1. The van der Waals surface area contributed by atoms with Gasteiger partial charge >= 0.3 is 11.9 Å². The van der Waals surface area contributed by atoms with Gasteiger partial charge in [-0.05, 0) is 51.0 Å². The van der Waals surface area contributed by atoms with Gasteiger partial charge in [-0.1, -0.05) is 17.7 Å². The third-order valence-corrected chi connectivity index (χ3v) is 6.46. The fraction of sp³-hybridized carbons (Fsp3) is 0.381. The molecular weight excluding hydrogens is 410 g/mol. The zero-order chi connectivity index (χ0) is 22.5. The van der Waals surface area contributed by atoms with E-state index >= 15 is 0 Å². The van der Waals surface area contributed by atoms with E-state index in [2.05, 4.69) is 0 Å². The van der Waals surface area contributed by atoms with Crippen molar-refractivity contribution in [2.45, 2.75) is 32.6 Å². The molecule has 0 fully saturated rings. The molecule has 0 bridgehead atoms. The molecule has 2 rings (SSSR count). The molecule has 0 N–H and O–H groups in total. The van der Waals surface area contributed by atoms with Crippen LogP contribution in [0, 0.1) is 6.92 Å². The normalized spacial score (nSPS) is 14.4. The van der Waals surface area contributed by atoms with Crippen molar-refractivity contribution in [1.82, 2.24) is 4.31 Å². The first-order chi connectivity index (χ1) is 14.2. The summed E-state index contributed by atoms with van der Waals surface area (Å²) < 4.78 is 37.0. The SMILES string of the molecule is CCOC(=O)C(C(=O)OCC)=C(C)C1=C(C=O)CN(S(=O)(=O)c2ccc(C)cc2)C1. The number of carbonyl (C=O) groups excluding carboxylic acids is 3. The van der Waals surface area contributed by atoms with E-state index in [1.807, 2.05) is 6.92 Å². The van der Waals surface area contributed by atoms with Crippen molar-refractivity contribution in [3.05, 3.63) is 52.1 Å². The average molecular weight is 435 g/mol. The van der Waals surface area contributed by atoms with E-state index in [0.717, 1.165) is 9.87 Å². The molecule has 0 saturated heterocycles. The number of esters is 2. The Labute approximate surface area is 176 Å². The Balaban J connectivity index is 2.47. The molecule has 1 aromatic carbocycles. The van der Waals surface area contributed by atoms with Gasteiger partial charge in [-0.3, -0.25) is 4.79 Å². The molecule has 1 aliphatic heterocycles. The van der Waals surface area contributed by atoms with Crippen LogP contribution in [0.25, 0.3) is 0 Å². The van der Waals surface area contributed by atoms with Crippen LogP contribution in [-0.4, -0.2) is 57.3 Å². The summed E-state index contributed by atoms with van der Waals surface area (Å²) >= 11 is 0. The van der Waals surface area contributed by atoms with Crippen LogP contribution in [0.5, 0.6) is 0 Å². The van der Waals surface area contributed by atoms with Crippen LogP contribution >= 0.6 is 0 Å². The Morgan fingerprint density at radius 2 is 1.57 bits per heavy atom. The molecule has 1 aromatic rings. The van der Waals surface area contributed by atoms with Crippen molar-refractivity contribution in [2.24, 2.45) is 0 Å². The maximum atomic E-state index is 13.0. The van der Waals surface area contributed by atoms with Crippen LogP contribution in [0.3, 0.4) is 0 Å². The summed E-state index contributed by atoms with van der Waals surface area (Å²) in [5.74, 6) is -1.77. The summed E-state index contributed by atoms with van der Waals surface area (Å²) in [7, 11) is -3.87. The van der Waals surface area contributed by atoms with Crippen LogP contribution in [0.15, 0.2) is 51.5 Å². The van der Waals surface area contributed by atoms with E-state index < -0.39 is 22.0 Å². The van der Waals surface area contributed by atoms with Crippen LogP contribution in [0.1, 0.15) is 26.3 Å². The van der Waals surface area contributed by atoms with Gasteiger partial charge in [0.2, 0.25) is 10.0 Å². The lowest BCUT2D eigenvalue weighted by Gasteiger charge is -2.17. The summed E-state index contributed by atoms with van der Waals surface area (Å²) in [5.41, 5.74) is 1.19. The molecule has 0 amide bonds. The van der Waals surface area contributed by atoms with Crippen molar-refractivity contribution >= 4 is 28.2 Å². The Kier molecular flexibility index (Phi) is 7.69. The number of aldehydes is 1. The first kappa shape index (κ1) is 23.5. The molecule has 0 radical (unpaired) electrons. The minimum absolute atomic E-state index is 0.0442. The third kappa shape index (κ3) is 4.85. The van der Waals surface area contributed by atoms with Gasteiger partial charge in [-0.2, -0.15) is 4.31 Å². The Morgan fingerprint density at radius 3 is 2.03 bits per heavy atom. The number of hydrogen-bond acceptors (Lipinski definition) is 7. The van der Waals surface area contributed by atoms with Gasteiger partial charge in [-0.15, -0.1) is 0 Å². The number of sulfonamides is 1. The molecule has 8 nitrogen and oxygen atoms in total. The van der Waals surface area contributed by atoms with E-state index in [4.69, 9.17) is 9.47 Å². The van der Waals surface area contributed by atoms with Gasteiger partial charge in [-0.25, -0.2) is 18.0 Å². The minimum atomic E-state index is -3.87. The third-order valence-electron chi connectivity index (χ3n) is 4.66. The van der Waals surface area contributed by atoms with Crippen molar-refractivity contribution < 1.29 is 32.3 Å². The Morgan fingerprint density at radius 1 is 1.03 bits per heavy atom. The van der Waals surface area contributed by atoms with Gasteiger partial charge in [0.05, 0.1) is 18.1 Å². The molecule has 1 aliphatic rings. The van der Waals surface area contributed by atoms with Gasteiger partial charge in [0.1, 0.15) is 11.9 Å². The van der Waals surface area contributed by atoms with E-state index in [1.165, 1.54) is 19.1 Å². The molecule has 0 saturated carbocycles. The number of carbonyl (C=O) groups is 3. The summed E-state index contributed by atoms with van der Waals surface area (Å²) in [5, 5.41) is 0. The molecule has 9 heteroatoms. The number of rotatable bonds is 8. The number of aryl methyl sites for hydroxylation is 1. The van der Waals surface area contributed by atoms with Crippen molar-refractivity contribution in [3.63, 3.8) is 0 Å². The second-order valence-electron chi connectivity index (χ2n) is 6.65. The topological polar surface area (TPSA) is 107 Å². The number of nitrogens with zero attached hydrogens (tertiary/aromatic N) is 1. The first-order valence-electron chi connectivity index (χ1n) is 9.46. The van der Waals surface area contributed by atoms with E-state index in [9.17, 15) is 22.8 Å². The lowest BCUT2D eigenvalue weighted by molar-refractivity contribution is -0.146. The molecule has 0 aliphatic carbocycles. The smallest absolute Gasteiger partial charge is 0.345 e. The fourth-order valence-electron chi connectivity index (χ4n) is 3.06. The molecule has 0 atom stereocenters. The monoisotopic (exact) mass is 435 g/mol. The van der Waals surface area contributed by atoms with Crippen LogP contribution in [0.2, 0.25) is 0 Å². The Hall–Kier alpha value is -2.78. The standard InChI is InChI=1S/C21H25NO7S/c1-5-28-20(24)19(21(25)29-6-2)15(4)18-12-22(11-16(18)13-23)30(26,27)17-9-7-14(3)8-10-17/h7-10,13H,5-6,11-12H2,1-4H3. The highest BCUT2D eigenvalue weighted by Gasteiger charge is 2.35. The summed E-state index contributed by atoms with van der Waals surface area (Å²) in [6.07, 6.45) is 0.539. The molecule has 0 aromatic heterocycles. The molecular formula is C21H25NO7S. The van der Waals surface area contributed by atoms with Gasteiger partial charge in [0.15, 0.2) is 0 Å². The van der Waals surface area contributed by atoms with Crippen LogP contribution in [-0.2, 0) is 33.9 Å². The predicted octanol–water partition coefficient (Wildman–Crippen LogP) is 1.94. The van der Waals surface area contributed by atoms with E-state index in [0.29, 0.717) is 6.29 Å². The maximum absolute atomic E-state index is 13.0. The summed E-state index contributed by atoms with van der Waals surface area (Å²) in [6, 6.07) is 6.36. The predicted molar refractivity (Wildman–Crippen MR) is 109 cm³/mol. The largest absolute Gasteiger partial charge is 0.462 e. The zero-order valence-corrected chi connectivity index (χ0v) is 18.2. The van der Waals surface area contributed by atoms with Crippen molar-refractivity contribution in [3.8, 4) is 0 Å². The highest BCUT2D eigenvalue weighted by Crippen LogP contribution is 2.30. The average Bonchev–Trinajstić information content (AvgIpc) is 3.14. The van der Waals surface area contributed by atoms with Crippen molar-refractivity contribution in [1.29, 1.82) is 0 Å². The van der Waals surface area contributed by atoms with E-state index in [1.54, 1.807) is 26.0 Å². The maximum Gasteiger partial charge on any atom is 0.345 e. The summed E-state index contributed by atoms with van der Waals surface area (Å²) in [4.78, 5) is 36.5. The highest BCUT2D eigenvalue weighted by molar-refractivity contribution is 7.89. The second kappa shape index (κ2) is 9.82. The zero-order valence-electron chi connectivity index (χ0n) is 17.4. The minimum Gasteiger partial charge on any atom is -0.462 e. The molecule has 1 heterocycles. The quantitative estimate of drug-likeness (QED) is 0.202. The van der Waals surface area contributed by atoms with Gasteiger partial charge < -0.3 is 9.47 Å². The fourth-order valence-corrected chi connectivity index (χ4v) is 4.45. The van der Waals surface area contributed by atoms with Gasteiger partial charge in [0, 0.05) is 18.7 Å². The van der Waals surface area contributed by atoms with Crippen LogP contribution < -0.4 is 0 Å². The van der Waals surface area contributed by atoms with Gasteiger partial charge in [0.25, 0.3) is 0 Å². The molecule has 30 heavy (non-hydrogen) atoms. The number of hydrogen-bond donors (Lipinski definition) is 0. The molecule has 162 valence electrons. The number of ether oxygens (including phenoxy) is 2. The second-order valence-corrected chi connectivity index (χ2v) is 8.59. The van der Waals surface area contributed by atoms with Crippen molar-refractivity contribution in [2.75, 3.05) is 26.3 Å². The first-order valence-corrected chi connectivity index (χ1v) is 10.9. The lowest BCUT2D eigenvalue weighted by atomic mass is 9.99. The van der Waals surface area contributed by atoms with E-state index in [-0.39, 0.29) is 53.5 Å². The van der Waals surface area contributed by atoms with Crippen LogP contribution in [0.4, 0.5) is 0 Å².